The van der Waals surface area contributed by atoms with Crippen molar-refractivity contribution >= 4 is 23.1 Å². The third-order valence-corrected chi connectivity index (χ3v) is 5.71. The number of rotatable bonds is 5. The van der Waals surface area contributed by atoms with Crippen molar-refractivity contribution in [3.8, 4) is 11.3 Å². The molecule has 1 aliphatic carbocycles. The smallest absolute Gasteiger partial charge is 0.229 e. The number of aromatic nitrogens is 2. The van der Waals surface area contributed by atoms with Crippen LogP contribution in [-0.2, 0) is 9.59 Å². The lowest BCUT2D eigenvalue weighted by Gasteiger charge is -2.21. The Morgan fingerprint density at radius 2 is 1.97 bits per heavy atom. The van der Waals surface area contributed by atoms with Gasteiger partial charge in [0, 0.05) is 49.1 Å². The fourth-order valence-electron chi connectivity index (χ4n) is 4.00. The number of imidazole rings is 1. The van der Waals surface area contributed by atoms with E-state index in [4.69, 9.17) is 0 Å². The summed E-state index contributed by atoms with van der Waals surface area (Å²) in [5.74, 6) is 0.123. The van der Waals surface area contributed by atoms with Crippen LogP contribution in [0.2, 0.25) is 0 Å². The minimum Gasteiger partial charge on any atom is -0.353 e. The molecular weight excluding hydrogens is 364 g/mol. The number of hydrogen-bond donors (Lipinski definition) is 1. The quantitative estimate of drug-likeness (QED) is 0.723. The molecule has 1 aliphatic rings. The number of nitrogens with one attached hydrogen (secondary N) is 1. The van der Waals surface area contributed by atoms with Gasteiger partial charge in [-0.05, 0) is 43.5 Å². The first-order valence-corrected chi connectivity index (χ1v) is 10.2. The van der Waals surface area contributed by atoms with Gasteiger partial charge in [-0.25, -0.2) is 4.98 Å². The minimum atomic E-state index is -0.0414. The fourth-order valence-corrected chi connectivity index (χ4v) is 4.00. The van der Waals surface area contributed by atoms with E-state index in [0.29, 0.717) is 12.8 Å². The average Bonchev–Trinajstić information content (AvgIpc) is 3.39. The van der Waals surface area contributed by atoms with E-state index in [9.17, 15) is 9.59 Å². The van der Waals surface area contributed by atoms with Gasteiger partial charge in [0.25, 0.3) is 0 Å². The Hall–Kier alpha value is -3.15. The zero-order valence-corrected chi connectivity index (χ0v) is 16.8. The summed E-state index contributed by atoms with van der Waals surface area (Å²) >= 11 is 0. The van der Waals surface area contributed by atoms with Gasteiger partial charge in [0.1, 0.15) is 5.65 Å². The van der Waals surface area contributed by atoms with Gasteiger partial charge in [0.15, 0.2) is 0 Å². The Kier molecular flexibility index (Phi) is 5.34. The third kappa shape index (κ3) is 4.01. The molecule has 0 saturated heterocycles. The summed E-state index contributed by atoms with van der Waals surface area (Å²) in [5, 5.41) is 3.01. The molecule has 0 aliphatic heterocycles. The van der Waals surface area contributed by atoms with Crippen LogP contribution in [0.5, 0.6) is 0 Å². The van der Waals surface area contributed by atoms with Crippen LogP contribution in [0.4, 0.5) is 5.69 Å². The van der Waals surface area contributed by atoms with Crippen molar-refractivity contribution in [2.45, 2.75) is 38.6 Å². The van der Waals surface area contributed by atoms with Crippen LogP contribution in [0.1, 0.15) is 32.6 Å². The molecule has 4 rings (SSSR count). The second-order valence-electron chi connectivity index (χ2n) is 7.66. The second kappa shape index (κ2) is 8.07. The molecule has 0 bridgehead atoms. The van der Waals surface area contributed by atoms with Crippen molar-refractivity contribution in [3.05, 3.63) is 54.9 Å². The lowest BCUT2D eigenvalue weighted by Crippen LogP contribution is -2.35. The Balaban J connectivity index is 1.43. The standard InChI is InChI=1S/C23H26N4O2/c1-3-22(28)24-18-10-7-17(14-18)23(29)26(2)19-11-8-16(9-12-19)20-15-27-13-5-4-6-21(27)25-20/h4-6,8-9,11-13,15,17-18H,3,7,10,14H2,1-2H3,(H,24,28)/t17-,18+/m1/s1. The number of carbonyl (C=O) groups excluding carboxylic acids is 2. The van der Waals surface area contributed by atoms with Crippen LogP contribution in [0.25, 0.3) is 16.9 Å². The zero-order chi connectivity index (χ0) is 20.4. The number of fused-ring (bicyclic) bond motifs is 1. The van der Waals surface area contributed by atoms with Crippen molar-refractivity contribution < 1.29 is 9.59 Å². The van der Waals surface area contributed by atoms with Crippen molar-refractivity contribution in [2.75, 3.05) is 11.9 Å². The lowest BCUT2D eigenvalue weighted by molar-refractivity contribution is -0.123. The van der Waals surface area contributed by atoms with Gasteiger partial charge in [-0.15, -0.1) is 0 Å². The largest absolute Gasteiger partial charge is 0.353 e. The molecule has 2 amide bonds. The van der Waals surface area contributed by atoms with E-state index in [2.05, 4.69) is 10.3 Å². The topological polar surface area (TPSA) is 66.7 Å². The highest BCUT2D eigenvalue weighted by Gasteiger charge is 2.32. The Bertz CT molecular complexity index is 992. The van der Waals surface area contributed by atoms with Crippen molar-refractivity contribution in [2.24, 2.45) is 5.92 Å². The first-order chi connectivity index (χ1) is 14.0. The molecule has 0 radical (unpaired) electrons. The third-order valence-electron chi connectivity index (χ3n) is 5.71. The van der Waals surface area contributed by atoms with Crippen LogP contribution in [0.15, 0.2) is 54.9 Å². The first kappa shape index (κ1) is 19.2. The molecule has 1 N–H and O–H groups in total. The second-order valence-corrected chi connectivity index (χ2v) is 7.66. The van der Waals surface area contributed by atoms with Gasteiger partial charge >= 0.3 is 0 Å². The molecular formula is C23H26N4O2. The normalized spacial score (nSPS) is 18.7. The molecule has 6 nitrogen and oxygen atoms in total. The lowest BCUT2D eigenvalue weighted by atomic mass is 10.1. The summed E-state index contributed by atoms with van der Waals surface area (Å²) in [7, 11) is 1.82. The number of amides is 2. The summed E-state index contributed by atoms with van der Waals surface area (Å²) in [6.45, 7) is 1.84. The van der Waals surface area contributed by atoms with Gasteiger partial charge in [-0.3, -0.25) is 9.59 Å². The van der Waals surface area contributed by atoms with E-state index >= 15 is 0 Å². The molecule has 2 heterocycles. The molecule has 3 aromatic rings. The van der Waals surface area contributed by atoms with Gasteiger partial charge in [0.2, 0.25) is 11.8 Å². The number of hydrogen-bond acceptors (Lipinski definition) is 3. The Morgan fingerprint density at radius 1 is 1.17 bits per heavy atom. The molecule has 2 atom stereocenters. The number of pyridine rings is 1. The molecule has 1 saturated carbocycles. The van der Waals surface area contributed by atoms with Gasteiger partial charge in [0.05, 0.1) is 5.69 Å². The highest BCUT2D eigenvalue weighted by molar-refractivity contribution is 5.95. The maximum absolute atomic E-state index is 12.9. The van der Waals surface area contributed by atoms with Crippen LogP contribution in [0, 0.1) is 5.92 Å². The molecule has 0 spiro atoms. The molecule has 2 aromatic heterocycles. The monoisotopic (exact) mass is 390 g/mol. The number of anilines is 1. The number of carbonyl (C=O) groups is 2. The molecule has 1 aromatic carbocycles. The highest BCUT2D eigenvalue weighted by atomic mass is 16.2. The predicted molar refractivity (Wildman–Crippen MR) is 114 cm³/mol. The van der Waals surface area contributed by atoms with Crippen LogP contribution in [0.3, 0.4) is 0 Å². The van der Waals surface area contributed by atoms with Crippen LogP contribution < -0.4 is 10.2 Å². The SMILES string of the molecule is CCC(=O)N[C@H]1CC[C@@H](C(=O)N(C)c2ccc(-c3cn4ccccc4n3)cc2)C1. The zero-order valence-electron chi connectivity index (χ0n) is 16.8. The van der Waals surface area contributed by atoms with Gasteiger partial charge in [-0.2, -0.15) is 0 Å². The summed E-state index contributed by atoms with van der Waals surface area (Å²) in [6, 6.07) is 14.0. The summed E-state index contributed by atoms with van der Waals surface area (Å²) in [4.78, 5) is 30.9. The average molecular weight is 390 g/mol. The molecule has 1 fully saturated rings. The van der Waals surface area contributed by atoms with Crippen molar-refractivity contribution in [3.63, 3.8) is 0 Å². The van der Waals surface area contributed by atoms with E-state index in [0.717, 1.165) is 35.4 Å². The van der Waals surface area contributed by atoms with Crippen LogP contribution in [-0.4, -0.2) is 34.3 Å². The van der Waals surface area contributed by atoms with Crippen molar-refractivity contribution in [1.29, 1.82) is 0 Å². The van der Waals surface area contributed by atoms with E-state index in [1.165, 1.54) is 0 Å². The summed E-state index contributed by atoms with van der Waals surface area (Å²) in [5.41, 5.74) is 3.69. The fraction of sp³-hybridized carbons (Fsp3) is 0.348. The Morgan fingerprint density at radius 3 is 2.69 bits per heavy atom. The van der Waals surface area contributed by atoms with Crippen molar-refractivity contribution in [1.82, 2.24) is 14.7 Å². The summed E-state index contributed by atoms with van der Waals surface area (Å²) in [6.07, 6.45) is 6.86. The molecule has 6 heteroatoms. The summed E-state index contributed by atoms with van der Waals surface area (Å²) < 4.78 is 1.99. The molecule has 150 valence electrons. The van der Waals surface area contributed by atoms with Gasteiger partial charge < -0.3 is 14.6 Å². The maximum Gasteiger partial charge on any atom is 0.229 e. The Labute approximate surface area is 170 Å². The van der Waals surface area contributed by atoms with Crippen LogP contribution >= 0.6 is 0 Å². The maximum atomic E-state index is 12.9. The number of benzene rings is 1. The first-order valence-electron chi connectivity index (χ1n) is 10.2. The van der Waals surface area contributed by atoms with E-state index in [1.54, 1.807) is 4.90 Å². The molecule has 29 heavy (non-hydrogen) atoms. The molecule has 0 unspecified atom stereocenters. The van der Waals surface area contributed by atoms with E-state index < -0.39 is 0 Å². The van der Waals surface area contributed by atoms with Gasteiger partial charge in [-0.1, -0.05) is 25.1 Å². The minimum absolute atomic E-state index is 0.0414. The predicted octanol–water partition coefficient (Wildman–Crippen LogP) is 3.66. The van der Waals surface area contributed by atoms with E-state index in [1.807, 2.05) is 73.2 Å². The van der Waals surface area contributed by atoms with E-state index in [-0.39, 0.29) is 23.8 Å². The highest BCUT2D eigenvalue weighted by Crippen LogP contribution is 2.29. The number of nitrogens with zero attached hydrogens (tertiary/aromatic N) is 3.